The number of amides is 1. The molecule has 1 amide bonds. The quantitative estimate of drug-likeness (QED) is 0.686. The van der Waals surface area contributed by atoms with Gasteiger partial charge in [-0.25, -0.2) is 19.3 Å². The SMILES string of the molecule is Cc1ccc(NC(=O)[C@H]2C[C@H]3CC3N2c2ncc(Cl)nn2)cc1-c1ncc(F)cn1. The molecule has 152 valence electrons. The Morgan fingerprint density at radius 2 is 1.97 bits per heavy atom. The molecule has 1 aliphatic carbocycles. The van der Waals surface area contributed by atoms with Gasteiger partial charge in [-0.2, -0.15) is 0 Å². The first-order chi connectivity index (χ1) is 14.5. The first kappa shape index (κ1) is 18.8. The van der Waals surface area contributed by atoms with Crippen molar-refractivity contribution in [2.75, 3.05) is 10.2 Å². The first-order valence-corrected chi connectivity index (χ1v) is 9.90. The topological polar surface area (TPSA) is 96.8 Å². The number of anilines is 2. The number of aryl methyl sites for hydroxylation is 1. The largest absolute Gasteiger partial charge is 0.324 e. The molecule has 5 rings (SSSR count). The van der Waals surface area contributed by atoms with Gasteiger partial charge in [0.1, 0.15) is 6.04 Å². The van der Waals surface area contributed by atoms with Crippen LogP contribution >= 0.6 is 11.6 Å². The fourth-order valence-corrected chi connectivity index (χ4v) is 4.06. The summed E-state index contributed by atoms with van der Waals surface area (Å²) in [6, 6.07) is 5.35. The molecule has 30 heavy (non-hydrogen) atoms. The van der Waals surface area contributed by atoms with E-state index in [2.05, 4.69) is 30.5 Å². The number of benzene rings is 1. The van der Waals surface area contributed by atoms with Crippen molar-refractivity contribution < 1.29 is 9.18 Å². The van der Waals surface area contributed by atoms with Crippen LogP contribution in [0.1, 0.15) is 18.4 Å². The highest BCUT2D eigenvalue weighted by Crippen LogP contribution is 2.49. The third-order valence-corrected chi connectivity index (χ3v) is 5.70. The van der Waals surface area contributed by atoms with Crippen LogP contribution in [0, 0.1) is 18.7 Å². The van der Waals surface area contributed by atoms with Crippen LogP contribution in [0.5, 0.6) is 0 Å². The molecule has 1 aromatic carbocycles. The summed E-state index contributed by atoms with van der Waals surface area (Å²) < 4.78 is 13.2. The summed E-state index contributed by atoms with van der Waals surface area (Å²) >= 11 is 5.79. The second-order valence-electron chi connectivity index (χ2n) is 7.55. The molecule has 8 nitrogen and oxygen atoms in total. The van der Waals surface area contributed by atoms with Crippen molar-refractivity contribution in [3.05, 3.63) is 53.3 Å². The lowest BCUT2D eigenvalue weighted by Gasteiger charge is -2.26. The van der Waals surface area contributed by atoms with E-state index in [4.69, 9.17) is 11.6 Å². The van der Waals surface area contributed by atoms with Gasteiger partial charge in [0.15, 0.2) is 16.8 Å². The van der Waals surface area contributed by atoms with Crippen LogP contribution in [0.3, 0.4) is 0 Å². The number of nitrogens with zero attached hydrogens (tertiary/aromatic N) is 6. The predicted molar refractivity (Wildman–Crippen MR) is 108 cm³/mol. The van der Waals surface area contributed by atoms with Gasteiger partial charge in [-0.15, -0.1) is 10.2 Å². The zero-order valence-electron chi connectivity index (χ0n) is 16.0. The maximum atomic E-state index is 13.2. The van der Waals surface area contributed by atoms with Crippen molar-refractivity contribution in [2.45, 2.75) is 31.8 Å². The van der Waals surface area contributed by atoms with Gasteiger partial charge in [0, 0.05) is 17.3 Å². The van der Waals surface area contributed by atoms with Gasteiger partial charge < -0.3 is 10.2 Å². The van der Waals surface area contributed by atoms with Gasteiger partial charge in [0.25, 0.3) is 0 Å². The number of hydrogen-bond donors (Lipinski definition) is 1. The number of piperidine rings is 1. The standard InChI is InChI=1S/C20H17ClFN7O/c1-10-2-3-13(6-14(10)18-23-7-12(22)8-24-18)26-19(30)16-5-11-4-15(11)29(16)20-25-9-17(21)27-28-20/h2-3,6-9,11,15-16H,4-5H2,1H3,(H,26,30)/t11-,15?,16-/m1/s1. The third-order valence-electron chi connectivity index (χ3n) is 5.53. The van der Waals surface area contributed by atoms with E-state index < -0.39 is 5.82 Å². The molecule has 1 saturated carbocycles. The minimum atomic E-state index is -0.500. The molecule has 3 aromatic rings. The number of fused-ring (bicyclic) bond motifs is 1. The number of rotatable bonds is 4. The maximum Gasteiger partial charge on any atom is 0.247 e. The molecule has 3 heterocycles. The third kappa shape index (κ3) is 3.45. The summed E-state index contributed by atoms with van der Waals surface area (Å²) in [6.45, 7) is 1.91. The normalized spacial score (nSPS) is 22.0. The average Bonchev–Trinajstić information content (AvgIpc) is 3.41. The van der Waals surface area contributed by atoms with Gasteiger partial charge in [-0.05, 0) is 43.4 Å². The number of aromatic nitrogens is 5. The summed E-state index contributed by atoms with van der Waals surface area (Å²) in [6.07, 6.45) is 5.43. The average molecular weight is 426 g/mol. The molecule has 1 aliphatic heterocycles. The van der Waals surface area contributed by atoms with Gasteiger partial charge in [0.2, 0.25) is 11.9 Å². The Bertz CT molecular complexity index is 1110. The summed E-state index contributed by atoms with van der Waals surface area (Å²) in [4.78, 5) is 27.3. The van der Waals surface area contributed by atoms with Gasteiger partial charge in [0.05, 0.1) is 18.6 Å². The van der Waals surface area contributed by atoms with E-state index in [0.717, 1.165) is 36.4 Å². The van der Waals surface area contributed by atoms with Crippen LogP contribution in [0.2, 0.25) is 5.15 Å². The van der Waals surface area contributed by atoms with E-state index in [1.54, 1.807) is 6.07 Å². The van der Waals surface area contributed by atoms with Gasteiger partial charge in [-0.3, -0.25) is 4.79 Å². The van der Waals surface area contributed by atoms with Crippen molar-refractivity contribution in [1.29, 1.82) is 0 Å². The van der Waals surface area contributed by atoms with Crippen LogP contribution in [0.4, 0.5) is 16.0 Å². The number of nitrogens with one attached hydrogen (secondary N) is 1. The lowest BCUT2D eigenvalue weighted by atomic mass is 10.1. The fourth-order valence-electron chi connectivity index (χ4n) is 3.97. The van der Waals surface area contributed by atoms with Gasteiger partial charge in [-0.1, -0.05) is 17.7 Å². The predicted octanol–water partition coefficient (Wildman–Crippen LogP) is 3.04. The Kier molecular flexibility index (Phi) is 4.54. The van der Waals surface area contributed by atoms with Crippen molar-refractivity contribution in [2.24, 2.45) is 5.92 Å². The number of hydrogen-bond acceptors (Lipinski definition) is 7. The molecule has 0 spiro atoms. The second-order valence-corrected chi connectivity index (χ2v) is 7.93. The Morgan fingerprint density at radius 1 is 1.17 bits per heavy atom. The monoisotopic (exact) mass is 425 g/mol. The molecule has 1 unspecified atom stereocenters. The minimum Gasteiger partial charge on any atom is -0.324 e. The molecule has 0 radical (unpaired) electrons. The van der Waals surface area contributed by atoms with Gasteiger partial charge >= 0.3 is 0 Å². The second kappa shape index (κ2) is 7.24. The summed E-state index contributed by atoms with van der Waals surface area (Å²) in [5.41, 5.74) is 2.26. The first-order valence-electron chi connectivity index (χ1n) is 9.52. The molecule has 10 heteroatoms. The lowest BCUT2D eigenvalue weighted by molar-refractivity contribution is -0.117. The molecule has 1 saturated heterocycles. The molecule has 0 bridgehead atoms. The van der Waals surface area contributed by atoms with E-state index >= 15 is 0 Å². The van der Waals surface area contributed by atoms with Crippen molar-refractivity contribution in [3.8, 4) is 11.4 Å². The highest BCUT2D eigenvalue weighted by Gasteiger charge is 2.55. The van der Waals surface area contributed by atoms with Crippen molar-refractivity contribution >= 4 is 29.1 Å². The van der Waals surface area contributed by atoms with E-state index in [-0.39, 0.29) is 23.1 Å². The molecular weight excluding hydrogens is 409 g/mol. The van der Waals surface area contributed by atoms with Crippen LogP contribution in [-0.2, 0) is 4.79 Å². The lowest BCUT2D eigenvalue weighted by Crippen LogP contribution is -2.43. The molecule has 2 aromatic heterocycles. The molecular formula is C20H17ClFN7O. The van der Waals surface area contributed by atoms with E-state index in [1.807, 2.05) is 24.0 Å². The molecule has 1 N–H and O–H groups in total. The number of carbonyl (C=O) groups excluding carboxylic acids is 1. The Labute approximate surface area is 176 Å². The summed E-state index contributed by atoms with van der Waals surface area (Å²) in [7, 11) is 0. The molecule has 3 atom stereocenters. The number of carbonyl (C=O) groups is 1. The summed E-state index contributed by atoms with van der Waals surface area (Å²) in [5.74, 6) is 0.625. The van der Waals surface area contributed by atoms with E-state index in [0.29, 0.717) is 23.4 Å². The fraction of sp³-hybridized carbons (Fsp3) is 0.300. The molecule has 2 aliphatic rings. The molecule has 2 fully saturated rings. The van der Waals surface area contributed by atoms with E-state index in [9.17, 15) is 9.18 Å². The summed E-state index contributed by atoms with van der Waals surface area (Å²) in [5, 5.41) is 11.1. The zero-order chi connectivity index (χ0) is 20.8. The van der Waals surface area contributed by atoms with Crippen LogP contribution in [0.25, 0.3) is 11.4 Å². The minimum absolute atomic E-state index is 0.143. The highest BCUT2D eigenvalue weighted by molar-refractivity contribution is 6.29. The van der Waals surface area contributed by atoms with E-state index in [1.165, 1.54) is 6.20 Å². The maximum absolute atomic E-state index is 13.2. The van der Waals surface area contributed by atoms with Crippen LogP contribution in [0.15, 0.2) is 36.8 Å². The Morgan fingerprint density at radius 3 is 2.70 bits per heavy atom. The number of halogens is 2. The Hall–Kier alpha value is -3.20. The van der Waals surface area contributed by atoms with Crippen molar-refractivity contribution in [1.82, 2.24) is 25.1 Å². The smallest absolute Gasteiger partial charge is 0.247 e. The zero-order valence-corrected chi connectivity index (χ0v) is 16.7. The highest BCUT2D eigenvalue weighted by atomic mass is 35.5. The van der Waals surface area contributed by atoms with Crippen molar-refractivity contribution in [3.63, 3.8) is 0 Å². The van der Waals surface area contributed by atoms with Crippen LogP contribution in [-0.4, -0.2) is 43.1 Å². The Balaban J connectivity index is 1.38. The van der Waals surface area contributed by atoms with Crippen LogP contribution < -0.4 is 10.2 Å².